The second-order valence-corrected chi connectivity index (χ2v) is 6.31. The zero-order chi connectivity index (χ0) is 20.3. The van der Waals surface area contributed by atoms with Crippen molar-refractivity contribution in [3.05, 3.63) is 39.7 Å². The van der Waals surface area contributed by atoms with Crippen LogP contribution >= 0.6 is 0 Å². The van der Waals surface area contributed by atoms with E-state index in [-0.39, 0.29) is 5.78 Å². The van der Waals surface area contributed by atoms with Gasteiger partial charge in [0.15, 0.2) is 5.78 Å². The van der Waals surface area contributed by atoms with Gasteiger partial charge in [0.1, 0.15) is 30.6 Å². The number of anilines is 1. The summed E-state index contributed by atoms with van der Waals surface area (Å²) in [7, 11) is 0. The van der Waals surface area contributed by atoms with Crippen LogP contribution in [-0.2, 0) is 4.79 Å². The fraction of sp³-hybridized carbons (Fsp3) is 0.389. The van der Waals surface area contributed by atoms with Gasteiger partial charge in [0.2, 0.25) is 0 Å². The van der Waals surface area contributed by atoms with Gasteiger partial charge >= 0.3 is 0 Å². The number of aliphatic hydroxyl groups is 4. The van der Waals surface area contributed by atoms with Crippen molar-refractivity contribution in [1.29, 1.82) is 0 Å². The maximum Gasteiger partial charge on any atom is 0.252 e. The minimum atomic E-state index is -1.75. The Morgan fingerprint density at radius 1 is 1.26 bits per heavy atom. The number of hydrogen-bond acceptors (Lipinski definition) is 8. The number of pyridine rings is 1. The lowest BCUT2D eigenvalue weighted by Crippen LogP contribution is -2.49. The van der Waals surface area contributed by atoms with E-state index in [1.807, 2.05) is 0 Å². The number of fused-ring (bicyclic) bond motifs is 1. The van der Waals surface area contributed by atoms with Crippen molar-refractivity contribution in [2.24, 2.45) is 0 Å². The van der Waals surface area contributed by atoms with Crippen molar-refractivity contribution in [1.82, 2.24) is 4.98 Å². The number of Topliss-reactive ketones (excluding diaryl/α,β-unsaturated/α-hetero) is 1. The zero-order valence-corrected chi connectivity index (χ0v) is 14.8. The molecule has 1 aromatic heterocycles. The first-order valence-corrected chi connectivity index (χ1v) is 8.25. The van der Waals surface area contributed by atoms with E-state index in [0.717, 1.165) is 0 Å². The average molecular weight is 378 g/mol. The molecular weight excluding hydrogens is 356 g/mol. The van der Waals surface area contributed by atoms with E-state index in [9.17, 15) is 29.7 Å². The third-order valence-electron chi connectivity index (χ3n) is 4.38. The van der Waals surface area contributed by atoms with E-state index in [4.69, 9.17) is 5.11 Å². The highest BCUT2D eigenvalue weighted by Crippen LogP contribution is 2.23. The molecule has 0 bridgehead atoms. The molecule has 9 nitrogen and oxygen atoms in total. The van der Waals surface area contributed by atoms with Gasteiger partial charge in [-0.05, 0) is 26.0 Å². The topological polar surface area (TPSA) is 160 Å². The first-order valence-electron chi connectivity index (χ1n) is 8.25. The molecule has 0 saturated carbocycles. The molecule has 9 heteroatoms. The molecule has 0 saturated heterocycles. The quantitative estimate of drug-likeness (QED) is 0.254. The van der Waals surface area contributed by atoms with Crippen LogP contribution in [0.5, 0.6) is 0 Å². The zero-order valence-electron chi connectivity index (χ0n) is 14.8. The molecule has 0 amide bonds. The van der Waals surface area contributed by atoms with Gasteiger partial charge in [-0.3, -0.25) is 9.59 Å². The Labute approximate surface area is 154 Å². The number of aromatic amines is 1. The Morgan fingerprint density at radius 2 is 1.93 bits per heavy atom. The molecule has 0 fully saturated rings. The van der Waals surface area contributed by atoms with Gasteiger partial charge < -0.3 is 35.5 Å². The number of hydrogen-bond donors (Lipinski definition) is 6. The van der Waals surface area contributed by atoms with Gasteiger partial charge in [0.05, 0.1) is 12.1 Å². The van der Waals surface area contributed by atoms with Gasteiger partial charge in [-0.25, -0.2) is 0 Å². The maximum absolute atomic E-state index is 12.0. The number of ketones is 1. The smallest absolute Gasteiger partial charge is 0.252 e. The summed E-state index contributed by atoms with van der Waals surface area (Å²) in [5, 5.41) is 41.3. The van der Waals surface area contributed by atoms with Crippen molar-refractivity contribution in [2.45, 2.75) is 38.2 Å². The van der Waals surface area contributed by atoms with Crippen molar-refractivity contribution in [3.8, 4) is 0 Å². The molecule has 2 aromatic rings. The summed E-state index contributed by atoms with van der Waals surface area (Å²) in [6.07, 6.45) is -4.70. The summed E-state index contributed by atoms with van der Waals surface area (Å²) < 4.78 is 0. The van der Waals surface area contributed by atoms with E-state index >= 15 is 0 Å². The first kappa shape index (κ1) is 20.7. The van der Waals surface area contributed by atoms with Crippen molar-refractivity contribution in [3.63, 3.8) is 0 Å². The van der Waals surface area contributed by atoms with Crippen LogP contribution in [0.15, 0.2) is 23.0 Å². The Balaban J connectivity index is 2.39. The lowest BCUT2D eigenvalue weighted by atomic mass is 10.00. The molecule has 0 radical (unpaired) electrons. The summed E-state index contributed by atoms with van der Waals surface area (Å²) in [6, 6.07) is 3.33. The number of benzene rings is 1. The van der Waals surface area contributed by atoms with Crippen LogP contribution in [0.25, 0.3) is 10.9 Å². The van der Waals surface area contributed by atoms with Crippen LogP contribution in [0, 0.1) is 6.92 Å². The second kappa shape index (κ2) is 8.40. The molecule has 146 valence electrons. The first-order chi connectivity index (χ1) is 12.7. The van der Waals surface area contributed by atoms with Crippen LogP contribution in [0.4, 0.5) is 5.69 Å². The molecule has 2 rings (SSSR count). The largest absolute Gasteiger partial charge is 0.394 e. The molecule has 1 aromatic carbocycles. The number of aliphatic hydroxyl groups excluding tert-OH is 4. The lowest BCUT2D eigenvalue weighted by Gasteiger charge is -2.27. The van der Waals surface area contributed by atoms with Crippen LogP contribution in [0.1, 0.15) is 22.8 Å². The fourth-order valence-corrected chi connectivity index (χ4v) is 2.88. The van der Waals surface area contributed by atoms with E-state index in [1.165, 1.54) is 13.0 Å². The predicted octanol–water partition coefficient (Wildman–Crippen LogP) is -0.906. The van der Waals surface area contributed by atoms with E-state index in [1.54, 1.807) is 19.1 Å². The van der Waals surface area contributed by atoms with Crippen molar-refractivity contribution in [2.75, 3.05) is 11.9 Å². The van der Waals surface area contributed by atoms with Crippen LogP contribution < -0.4 is 10.9 Å². The lowest BCUT2D eigenvalue weighted by molar-refractivity contribution is -0.117. The molecule has 6 N–H and O–H groups in total. The molecular formula is C18H22N2O7. The van der Waals surface area contributed by atoms with Crippen LogP contribution in [-0.4, -0.2) is 68.4 Å². The Bertz CT molecular complexity index is 908. The molecule has 0 aliphatic carbocycles. The number of aldehydes is 1. The van der Waals surface area contributed by atoms with Gasteiger partial charge in [-0.1, -0.05) is 6.07 Å². The number of rotatable bonds is 8. The fourth-order valence-electron chi connectivity index (χ4n) is 2.88. The SMILES string of the molecule is CC(=O)c1c(C)c(=O)[nH]c2cc(N[C@H](C=O)[C@H](O)[C@@H](O)[C@@H](O)CO)ccc12. The summed E-state index contributed by atoms with van der Waals surface area (Å²) in [6.45, 7) is 2.13. The number of aromatic nitrogens is 1. The number of carbonyl (C=O) groups is 2. The van der Waals surface area contributed by atoms with Crippen molar-refractivity contribution >= 4 is 28.7 Å². The highest BCUT2D eigenvalue weighted by molar-refractivity contribution is 6.07. The molecule has 0 aliphatic rings. The minimum Gasteiger partial charge on any atom is -0.394 e. The average Bonchev–Trinajstić information content (AvgIpc) is 2.64. The normalized spacial score (nSPS) is 15.8. The van der Waals surface area contributed by atoms with Gasteiger partial charge in [-0.2, -0.15) is 0 Å². The summed E-state index contributed by atoms with van der Waals surface area (Å²) in [5.74, 6) is -0.258. The van der Waals surface area contributed by atoms with E-state index < -0.39 is 36.5 Å². The standard InChI is InChI=1S/C18H22N2O7/c1-8-15(9(2)23)11-4-3-10(5-12(11)20-18(8)27)19-13(6-21)16(25)17(26)14(24)7-22/h3-6,13-14,16-17,19,22,24-26H,7H2,1-2H3,(H,20,27)/t13-,14+,16+,17+/m1/s1. The molecule has 0 unspecified atom stereocenters. The molecule has 1 heterocycles. The van der Waals surface area contributed by atoms with Crippen LogP contribution in [0.3, 0.4) is 0 Å². The predicted molar refractivity (Wildman–Crippen MR) is 97.9 cm³/mol. The van der Waals surface area contributed by atoms with Gasteiger partial charge in [-0.15, -0.1) is 0 Å². The number of nitrogens with one attached hydrogen (secondary N) is 2. The maximum atomic E-state index is 12.0. The third-order valence-corrected chi connectivity index (χ3v) is 4.38. The Kier molecular flexibility index (Phi) is 6.45. The van der Waals surface area contributed by atoms with Gasteiger partial charge in [0, 0.05) is 22.2 Å². The van der Waals surface area contributed by atoms with Crippen LogP contribution in [0.2, 0.25) is 0 Å². The molecule has 27 heavy (non-hydrogen) atoms. The molecule has 4 atom stereocenters. The third kappa shape index (κ3) is 4.22. The molecule has 0 aliphatic heterocycles. The summed E-state index contributed by atoms with van der Waals surface area (Å²) >= 11 is 0. The highest BCUT2D eigenvalue weighted by atomic mass is 16.4. The Morgan fingerprint density at radius 3 is 2.48 bits per heavy atom. The van der Waals surface area contributed by atoms with Gasteiger partial charge in [0.25, 0.3) is 5.56 Å². The summed E-state index contributed by atoms with van der Waals surface area (Å²) in [5.41, 5.74) is 0.874. The van der Waals surface area contributed by atoms with E-state index in [0.29, 0.717) is 34.0 Å². The Hall–Kier alpha value is -2.59. The number of H-pyrrole nitrogens is 1. The molecule has 0 spiro atoms. The number of carbonyl (C=O) groups excluding carboxylic acids is 2. The monoisotopic (exact) mass is 378 g/mol. The summed E-state index contributed by atoms with van der Waals surface area (Å²) in [4.78, 5) is 37.9. The van der Waals surface area contributed by atoms with Crippen molar-refractivity contribution < 1.29 is 30.0 Å². The highest BCUT2D eigenvalue weighted by Gasteiger charge is 2.31. The second-order valence-electron chi connectivity index (χ2n) is 6.31. The minimum absolute atomic E-state index is 0.258. The van der Waals surface area contributed by atoms with E-state index in [2.05, 4.69) is 10.3 Å².